The molecule has 0 radical (unpaired) electrons. The standard InChI is InChI=1S/C29H36N6O2/c1-17-7-6-8-18(2)26(17)22-12-25(35-28(30)34-22)36-16-20(13-29(3,4)5)31-14-21-15-32-27-23(33-21)11-24(37-27)19-9-10-19/h6-8,11-12,15,19-20,31H,9-10,13-14,16H2,1-5H3,(H2,30,34,35)/t20-/m1/s1. The van der Waals surface area contributed by atoms with Crippen LogP contribution in [0.1, 0.15) is 68.5 Å². The molecule has 3 N–H and O–H groups in total. The van der Waals surface area contributed by atoms with Gasteiger partial charge in [-0.15, -0.1) is 0 Å². The summed E-state index contributed by atoms with van der Waals surface area (Å²) in [4.78, 5) is 18.1. The van der Waals surface area contributed by atoms with Crippen molar-refractivity contribution in [1.29, 1.82) is 0 Å². The van der Waals surface area contributed by atoms with Crippen molar-refractivity contribution in [3.63, 3.8) is 0 Å². The summed E-state index contributed by atoms with van der Waals surface area (Å²) in [6.45, 7) is 11.8. The summed E-state index contributed by atoms with van der Waals surface area (Å²) >= 11 is 0. The van der Waals surface area contributed by atoms with E-state index in [-0.39, 0.29) is 17.4 Å². The zero-order chi connectivity index (χ0) is 26.2. The van der Waals surface area contributed by atoms with Gasteiger partial charge in [-0.25, -0.2) is 15.0 Å². The molecule has 0 amide bonds. The summed E-state index contributed by atoms with van der Waals surface area (Å²) in [7, 11) is 0. The summed E-state index contributed by atoms with van der Waals surface area (Å²) < 4.78 is 12.0. The molecule has 0 unspecified atom stereocenters. The van der Waals surface area contributed by atoms with Crippen LogP contribution < -0.4 is 15.8 Å². The first-order chi connectivity index (χ1) is 17.6. The largest absolute Gasteiger partial charge is 0.476 e. The predicted octanol–water partition coefficient (Wildman–Crippen LogP) is 5.73. The van der Waals surface area contributed by atoms with Crippen LogP contribution in [0.2, 0.25) is 0 Å². The number of anilines is 1. The smallest absolute Gasteiger partial charge is 0.245 e. The lowest BCUT2D eigenvalue weighted by Gasteiger charge is -2.27. The molecule has 1 aliphatic rings. The third-order valence-electron chi connectivity index (χ3n) is 6.61. The minimum Gasteiger partial charge on any atom is -0.476 e. The maximum atomic E-state index is 6.19. The highest BCUT2D eigenvalue weighted by molar-refractivity contribution is 5.69. The van der Waals surface area contributed by atoms with Gasteiger partial charge >= 0.3 is 0 Å². The highest BCUT2D eigenvalue weighted by atomic mass is 16.5. The summed E-state index contributed by atoms with van der Waals surface area (Å²) in [5.74, 6) is 2.21. The topological polar surface area (TPSA) is 112 Å². The molecule has 5 rings (SSSR count). The number of aryl methyl sites for hydroxylation is 2. The molecule has 1 atom stereocenters. The highest BCUT2D eigenvalue weighted by Gasteiger charge is 2.28. The zero-order valence-electron chi connectivity index (χ0n) is 22.3. The van der Waals surface area contributed by atoms with Gasteiger partial charge in [0.15, 0.2) is 0 Å². The number of nitrogens with two attached hydrogens (primary N) is 1. The summed E-state index contributed by atoms with van der Waals surface area (Å²) in [5, 5.41) is 3.62. The summed E-state index contributed by atoms with van der Waals surface area (Å²) in [5.41, 5.74) is 12.6. The molecule has 4 aromatic rings. The first-order valence-corrected chi connectivity index (χ1v) is 13.0. The number of hydrogen-bond acceptors (Lipinski definition) is 8. The Hall–Kier alpha value is -3.52. The molecular weight excluding hydrogens is 464 g/mol. The van der Waals surface area contributed by atoms with Crippen molar-refractivity contribution in [3.05, 3.63) is 59.1 Å². The molecule has 37 heavy (non-hydrogen) atoms. The quantitative estimate of drug-likeness (QED) is 0.300. The van der Waals surface area contributed by atoms with Gasteiger partial charge in [-0.2, -0.15) is 4.98 Å². The van der Waals surface area contributed by atoms with E-state index in [1.807, 2.05) is 18.2 Å². The molecule has 1 aliphatic carbocycles. The van der Waals surface area contributed by atoms with Gasteiger partial charge in [-0.3, -0.25) is 0 Å². The van der Waals surface area contributed by atoms with Crippen LogP contribution in [0.3, 0.4) is 0 Å². The van der Waals surface area contributed by atoms with E-state index in [0.717, 1.165) is 45.8 Å². The van der Waals surface area contributed by atoms with Crippen LogP contribution in [0.15, 0.2) is 40.9 Å². The van der Waals surface area contributed by atoms with Gasteiger partial charge in [0.25, 0.3) is 0 Å². The Bertz CT molecular complexity index is 1380. The average Bonchev–Trinajstić information content (AvgIpc) is 3.58. The second-order valence-corrected chi connectivity index (χ2v) is 11.3. The Morgan fingerprint density at radius 1 is 1.11 bits per heavy atom. The van der Waals surface area contributed by atoms with Gasteiger partial charge in [-0.05, 0) is 49.7 Å². The van der Waals surface area contributed by atoms with Gasteiger partial charge in [0, 0.05) is 36.2 Å². The Morgan fingerprint density at radius 3 is 2.57 bits per heavy atom. The Balaban J connectivity index is 1.29. The van der Waals surface area contributed by atoms with Gasteiger partial charge in [0.05, 0.1) is 17.6 Å². The van der Waals surface area contributed by atoms with Gasteiger partial charge < -0.3 is 20.2 Å². The van der Waals surface area contributed by atoms with E-state index in [1.165, 1.54) is 12.8 Å². The molecule has 1 saturated carbocycles. The van der Waals surface area contributed by atoms with E-state index in [2.05, 4.69) is 67.0 Å². The van der Waals surface area contributed by atoms with Crippen LogP contribution in [0.4, 0.5) is 5.95 Å². The number of nitrogens with zero attached hydrogens (tertiary/aromatic N) is 4. The number of rotatable bonds is 9. The Labute approximate surface area is 218 Å². The molecule has 8 nitrogen and oxygen atoms in total. The number of ether oxygens (including phenoxy) is 1. The predicted molar refractivity (Wildman–Crippen MR) is 145 cm³/mol. The Morgan fingerprint density at radius 2 is 1.86 bits per heavy atom. The number of hydrogen-bond donors (Lipinski definition) is 2. The Kier molecular flexibility index (Phi) is 6.86. The molecule has 3 aromatic heterocycles. The fourth-order valence-corrected chi connectivity index (χ4v) is 4.76. The molecular formula is C29H36N6O2. The molecule has 0 spiro atoms. The third-order valence-corrected chi connectivity index (χ3v) is 6.61. The SMILES string of the molecule is Cc1cccc(C)c1-c1cc(OC[C@@H](CC(C)(C)C)NCc2cnc3oc(C4CC4)cc3n2)nc(N)n1. The van der Waals surface area contributed by atoms with Crippen molar-refractivity contribution < 1.29 is 9.15 Å². The normalized spacial score (nSPS) is 14.7. The van der Waals surface area contributed by atoms with Crippen LogP contribution in [0, 0.1) is 19.3 Å². The summed E-state index contributed by atoms with van der Waals surface area (Å²) in [6.07, 6.45) is 5.07. The number of nitrogen functional groups attached to an aromatic ring is 1. The number of fused-ring (bicyclic) bond motifs is 1. The van der Waals surface area contributed by atoms with E-state index in [1.54, 1.807) is 6.20 Å². The molecule has 1 fully saturated rings. The number of aromatic nitrogens is 4. The van der Waals surface area contributed by atoms with Crippen LogP contribution in [-0.2, 0) is 6.54 Å². The zero-order valence-corrected chi connectivity index (χ0v) is 22.3. The monoisotopic (exact) mass is 500 g/mol. The molecule has 194 valence electrons. The van der Waals surface area contributed by atoms with Crippen molar-refractivity contribution in [2.24, 2.45) is 5.41 Å². The van der Waals surface area contributed by atoms with Crippen LogP contribution in [0.25, 0.3) is 22.5 Å². The van der Waals surface area contributed by atoms with Crippen molar-refractivity contribution >= 4 is 17.2 Å². The number of benzene rings is 1. The van der Waals surface area contributed by atoms with Crippen molar-refractivity contribution in [2.75, 3.05) is 12.3 Å². The first-order valence-electron chi connectivity index (χ1n) is 13.0. The van der Waals surface area contributed by atoms with Gasteiger partial charge in [-0.1, -0.05) is 39.0 Å². The average molecular weight is 501 g/mol. The van der Waals surface area contributed by atoms with E-state index >= 15 is 0 Å². The molecule has 0 aliphatic heterocycles. The lowest BCUT2D eigenvalue weighted by atomic mass is 9.88. The van der Waals surface area contributed by atoms with Gasteiger partial charge in [0.1, 0.15) is 17.9 Å². The van der Waals surface area contributed by atoms with E-state index in [9.17, 15) is 0 Å². The maximum absolute atomic E-state index is 6.19. The van der Waals surface area contributed by atoms with Crippen LogP contribution >= 0.6 is 0 Å². The molecule has 1 aromatic carbocycles. The fourth-order valence-electron chi connectivity index (χ4n) is 4.76. The van der Waals surface area contributed by atoms with E-state index in [0.29, 0.717) is 30.7 Å². The maximum Gasteiger partial charge on any atom is 0.245 e. The fraction of sp³-hybridized carbons (Fsp3) is 0.448. The lowest BCUT2D eigenvalue weighted by Crippen LogP contribution is -2.37. The first kappa shape index (κ1) is 25.1. The lowest BCUT2D eigenvalue weighted by molar-refractivity contribution is 0.208. The van der Waals surface area contributed by atoms with Crippen molar-refractivity contribution in [3.8, 4) is 17.1 Å². The van der Waals surface area contributed by atoms with Crippen molar-refractivity contribution in [2.45, 2.75) is 72.4 Å². The highest BCUT2D eigenvalue weighted by Crippen LogP contribution is 2.41. The minimum absolute atomic E-state index is 0.0729. The molecule has 0 saturated heterocycles. The van der Waals surface area contributed by atoms with E-state index in [4.69, 9.17) is 19.9 Å². The molecule has 8 heteroatoms. The minimum atomic E-state index is 0.0729. The number of furan rings is 1. The molecule has 0 bridgehead atoms. The third kappa shape index (κ3) is 6.25. The van der Waals surface area contributed by atoms with E-state index < -0.39 is 0 Å². The summed E-state index contributed by atoms with van der Waals surface area (Å²) in [6, 6.07) is 10.2. The van der Waals surface area contributed by atoms with Gasteiger partial charge in [0.2, 0.25) is 17.5 Å². The second kappa shape index (κ2) is 10.1. The van der Waals surface area contributed by atoms with Crippen LogP contribution in [0.5, 0.6) is 5.88 Å². The second-order valence-electron chi connectivity index (χ2n) is 11.3. The van der Waals surface area contributed by atoms with Crippen LogP contribution in [-0.4, -0.2) is 32.6 Å². The number of nitrogens with one attached hydrogen (secondary N) is 1. The molecule has 3 heterocycles. The van der Waals surface area contributed by atoms with Crippen molar-refractivity contribution in [1.82, 2.24) is 25.3 Å².